The van der Waals surface area contributed by atoms with Gasteiger partial charge in [0.25, 0.3) is 0 Å². The molecule has 5 N–H and O–H groups in total. The molecular weight excluding hydrogens is 420 g/mol. The van der Waals surface area contributed by atoms with E-state index >= 15 is 0 Å². The SMILES string of the molecule is CO[C@H]1C(C2(C)O[C@H]2C/C=C(\C)CO)C2(CC[C@H]1OC(=O)N[C@@H](C(N)=O)C(C)(C)O)CO2. The molecule has 0 aromatic rings. The van der Waals surface area contributed by atoms with Crippen molar-refractivity contribution in [2.75, 3.05) is 20.3 Å². The highest BCUT2D eigenvalue weighted by Crippen LogP contribution is 2.59. The monoisotopic (exact) mass is 456 g/mol. The summed E-state index contributed by atoms with van der Waals surface area (Å²) in [5, 5.41) is 21.7. The summed E-state index contributed by atoms with van der Waals surface area (Å²) in [4.78, 5) is 24.2. The molecule has 0 aromatic heterocycles. The van der Waals surface area contributed by atoms with Crippen LogP contribution in [0.1, 0.15) is 47.0 Å². The predicted molar refractivity (Wildman–Crippen MR) is 114 cm³/mol. The van der Waals surface area contributed by atoms with E-state index in [1.54, 1.807) is 7.11 Å². The molecule has 2 aliphatic heterocycles. The van der Waals surface area contributed by atoms with Gasteiger partial charge in [-0.25, -0.2) is 4.79 Å². The molecule has 3 fully saturated rings. The van der Waals surface area contributed by atoms with E-state index in [0.717, 1.165) is 5.57 Å². The van der Waals surface area contributed by atoms with Crippen molar-refractivity contribution in [3.63, 3.8) is 0 Å². The predicted octanol–water partition coefficient (Wildman–Crippen LogP) is 0.386. The number of carbonyl (C=O) groups is 2. The number of epoxide rings is 2. The zero-order valence-corrected chi connectivity index (χ0v) is 19.4. The molecule has 3 unspecified atom stereocenters. The zero-order chi connectivity index (χ0) is 23.9. The Balaban J connectivity index is 1.72. The lowest BCUT2D eigenvalue weighted by Gasteiger charge is -2.42. The minimum absolute atomic E-state index is 0.00256. The molecule has 3 rings (SSSR count). The number of methoxy groups -OCH3 is 1. The second kappa shape index (κ2) is 8.90. The Morgan fingerprint density at radius 3 is 2.56 bits per heavy atom. The van der Waals surface area contributed by atoms with Gasteiger partial charge in [-0.3, -0.25) is 4.79 Å². The normalized spacial score (nSPS) is 37.7. The molecule has 2 heterocycles. The molecule has 0 aromatic carbocycles. The Hall–Kier alpha value is -1.72. The first-order valence-corrected chi connectivity index (χ1v) is 11.0. The minimum atomic E-state index is -1.55. The molecule has 182 valence electrons. The molecule has 10 nitrogen and oxygen atoms in total. The molecule has 1 aliphatic carbocycles. The Labute approximate surface area is 188 Å². The van der Waals surface area contributed by atoms with E-state index in [4.69, 9.17) is 24.7 Å². The minimum Gasteiger partial charge on any atom is -0.443 e. The van der Waals surface area contributed by atoms with Gasteiger partial charge in [0, 0.05) is 7.11 Å². The van der Waals surface area contributed by atoms with Crippen LogP contribution in [0, 0.1) is 5.92 Å². The van der Waals surface area contributed by atoms with Crippen molar-refractivity contribution in [3.8, 4) is 0 Å². The van der Waals surface area contributed by atoms with E-state index in [9.17, 15) is 19.8 Å². The van der Waals surface area contributed by atoms with Gasteiger partial charge in [-0.2, -0.15) is 0 Å². The van der Waals surface area contributed by atoms with Crippen LogP contribution in [0.3, 0.4) is 0 Å². The van der Waals surface area contributed by atoms with Gasteiger partial charge >= 0.3 is 6.09 Å². The highest BCUT2D eigenvalue weighted by atomic mass is 16.6. The quantitative estimate of drug-likeness (QED) is 0.287. The van der Waals surface area contributed by atoms with Gasteiger partial charge in [-0.15, -0.1) is 0 Å². The van der Waals surface area contributed by atoms with E-state index < -0.39 is 41.5 Å². The molecule has 0 radical (unpaired) electrons. The summed E-state index contributed by atoms with van der Waals surface area (Å²) in [5.41, 5.74) is 3.75. The molecule has 7 atom stereocenters. The zero-order valence-electron chi connectivity index (χ0n) is 19.4. The number of ether oxygens (including phenoxy) is 4. The molecule has 1 saturated carbocycles. The van der Waals surface area contributed by atoms with Gasteiger partial charge in [0.05, 0.1) is 30.8 Å². The van der Waals surface area contributed by atoms with E-state index in [1.807, 2.05) is 19.9 Å². The maximum atomic E-state index is 12.6. The molecule has 2 saturated heterocycles. The Kier molecular flexibility index (Phi) is 6.93. The van der Waals surface area contributed by atoms with Gasteiger partial charge in [-0.1, -0.05) is 11.6 Å². The van der Waals surface area contributed by atoms with Crippen molar-refractivity contribution >= 4 is 12.0 Å². The maximum absolute atomic E-state index is 12.6. The second-order valence-electron chi connectivity index (χ2n) is 9.88. The Morgan fingerprint density at radius 1 is 1.41 bits per heavy atom. The molecular formula is C22H36N2O8. The fourth-order valence-corrected chi connectivity index (χ4v) is 4.99. The number of hydrogen-bond donors (Lipinski definition) is 4. The largest absolute Gasteiger partial charge is 0.443 e. The number of rotatable bonds is 9. The summed E-state index contributed by atoms with van der Waals surface area (Å²) in [5.74, 6) is -1.03. The molecule has 2 amide bonds. The third-order valence-electron chi connectivity index (χ3n) is 6.94. The topological polar surface area (TPSA) is 156 Å². The van der Waals surface area contributed by atoms with Gasteiger partial charge in [0.15, 0.2) is 0 Å². The standard InChI is InChI=1S/C22H36N2O8/c1-12(10-25)6-7-14-21(4,32-14)16-15(29-5)13(8-9-22(16)11-30-22)31-19(27)24-17(18(23)26)20(2,3)28/h6,13-17,25,28H,7-11H2,1-5H3,(H2,23,26)(H,24,27)/b12-6+/t13-,14+,15-,16?,17+,21?,22?/m1/s1. The highest BCUT2D eigenvalue weighted by molar-refractivity contribution is 5.85. The second-order valence-corrected chi connectivity index (χ2v) is 9.88. The Morgan fingerprint density at radius 2 is 2.06 bits per heavy atom. The lowest BCUT2D eigenvalue weighted by atomic mass is 9.68. The number of nitrogens with one attached hydrogen (secondary N) is 1. The molecule has 10 heteroatoms. The average Bonchev–Trinajstić information content (AvgIpc) is 3.62. The first-order valence-electron chi connectivity index (χ1n) is 11.0. The smallest absolute Gasteiger partial charge is 0.408 e. The van der Waals surface area contributed by atoms with Crippen LogP contribution in [0.5, 0.6) is 0 Å². The van der Waals surface area contributed by atoms with Gasteiger partial charge in [0.1, 0.15) is 29.5 Å². The lowest BCUT2D eigenvalue weighted by molar-refractivity contribution is -0.127. The fourth-order valence-electron chi connectivity index (χ4n) is 4.99. The van der Waals surface area contributed by atoms with Crippen LogP contribution in [0.25, 0.3) is 0 Å². The third kappa shape index (κ3) is 4.94. The molecule has 3 aliphatic rings. The van der Waals surface area contributed by atoms with Gasteiger partial charge < -0.3 is 40.2 Å². The van der Waals surface area contributed by atoms with E-state index in [2.05, 4.69) is 5.32 Å². The van der Waals surface area contributed by atoms with Crippen LogP contribution in [0.2, 0.25) is 0 Å². The third-order valence-corrected chi connectivity index (χ3v) is 6.94. The van der Waals surface area contributed by atoms with Gasteiger partial charge in [0.2, 0.25) is 5.91 Å². The van der Waals surface area contributed by atoms with Crippen molar-refractivity contribution < 1.29 is 38.7 Å². The van der Waals surface area contributed by atoms with Crippen LogP contribution in [-0.2, 0) is 23.7 Å². The lowest BCUT2D eigenvalue weighted by Crippen LogP contribution is -2.59. The summed E-state index contributed by atoms with van der Waals surface area (Å²) < 4.78 is 23.4. The Bertz CT molecular complexity index is 760. The van der Waals surface area contributed by atoms with Crippen molar-refractivity contribution in [2.24, 2.45) is 11.7 Å². The van der Waals surface area contributed by atoms with E-state index in [1.165, 1.54) is 13.8 Å². The summed E-state index contributed by atoms with van der Waals surface area (Å²) in [6, 6.07) is -1.30. The van der Waals surface area contributed by atoms with Crippen LogP contribution >= 0.6 is 0 Å². The van der Waals surface area contributed by atoms with E-state index in [-0.39, 0.29) is 24.2 Å². The fraction of sp³-hybridized carbons (Fsp3) is 0.818. The number of carbonyl (C=O) groups excluding carboxylic acids is 2. The molecule has 1 spiro atoms. The summed E-state index contributed by atoms with van der Waals surface area (Å²) in [6.07, 6.45) is 1.83. The molecule has 0 bridgehead atoms. The number of alkyl carbamates (subject to hydrolysis) is 1. The number of primary amides is 1. The maximum Gasteiger partial charge on any atom is 0.408 e. The number of aliphatic hydroxyl groups is 2. The van der Waals surface area contributed by atoms with Gasteiger partial charge in [-0.05, 0) is 47.0 Å². The number of aliphatic hydroxyl groups excluding tert-OH is 1. The first-order chi connectivity index (χ1) is 14.9. The van der Waals surface area contributed by atoms with Crippen molar-refractivity contribution in [1.29, 1.82) is 0 Å². The number of amides is 2. The van der Waals surface area contributed by atoms with E-state index in [0.29, 0.717) is 25.9 Å². The summed E-state index contributed by atoms with van der Waals surface area (Å²) in [6.45, 7) is 7.23. The highest BCUT2D eigenvalue weighted by Gasteiger charge is 2.72. The molecule has 32 heavy (non-hydrogen) atoms. The van der Waals surface area contributed by atoms with Crippen molar-refractivity contribution in [2.45, 2.75) is 88.1 Å². The van der Waals surface area contributed by atoms with Crippen LogP contribution < -0.4 is 11.1 Å². The first kappa shape index (κ1) is 24.9. The van der Waals surface area contributed by atoms with Crippen LogP contribution in [0.15, 0.2) is 11.6 Å². The number of nitrogens with two attached hydrogens (primary N) is 1. The summed E-state index contributed by atoms with van der Waals surface area (Å²) in [7, 11) is 1.56. The summed E-state index contributed by atoms with van der Waals surface area (Å²) >= 11 is 0. The van der Waals surface area contributed by atoms with Crippen molar-refractivity contribution in [1.82, 2.24) is 5.32 Å². The van der Waals surface area contributed by atoms with Crippen LogP contribution in [0.4, 0.5) is 4.79 Å². The van der Waals surface area contributed by atoms with Crippen LogP contribution in [-0.4, -0.2) is 83.7 Å². The average molecular weight is 457 g/mol. The van der Waals surface area contributed by atoms with Crippen molar-refractivity contribution in [3.05, 3.63) is 11.6 Å². The number of hydrogen-bond acceptors (Lipinski definition) is 8.